The maximum atomic E-state index is 12.0. The maximum absolute atomic E-state index is 12.0. The van der Waals surface area contributed by atoms with E-state index in [1.807, 2.05) is 0 Å². The minimum absolute atomic E-state index is 0.0766. The van der Waals surface area contributed by atoms with Crippen molar-refractivity contribution in [3.05, 3.63) is 0 Å². The average Bonchev–Trinajstić information content (AvgIpc) is 3.05. The van der Waals surface area contributed by atoms with Crippen molar-refractivity contribution in [3.63, 3.8) is 0 Å². The third-order valence-corrected chi connectivity index (χ3v) is 4.50. The van der Waals surface area contributed by atoms with E-state index in [0.29, 0.717) is 12.2 Å². The summed E-state index contributed by atoms with van der Waals surface area (Å²) >= 11 is 0. The number of hydrogen-bond donors (Lipinski definition) is 2. The predicted molar refractivity (Wildman–Crippen MR) is 74.1 cm³/mol. The zero-order valence-corrected chi connectivity index (χ0v) is 12.1. The van der Waals surface area contributed by atoms with Gasteiger partial charge in [0.2, 0.25) is 5.91 Å². The number of ketones is 1. The maximum Gasteiger partial charge on any atom is 0.321 e. The molecule has 2 fully saturated rings. The van der Waals surface area contributed by atoms with Crippen LogP contribution in [0, 0.1) is 5.92 Å². The third-order valence-electron chi connectivity index (χ3n) is 4.50. The monoisotopic (exact) mass is 281 g/mol. The lowest BCUT2D eigenvalue weighted by Crippen LogP contribution is -2.52. The van der Waals surface area contributed by atoms with Crippen LogP contribution in [0.15, 0.2) is 0 Å². The topological polar surface area (TPSA) is 78.5 Å². The van der Waals surface area contributed by atoms with Gasteiger partial charge < -0.3 is 5.32 Å². The SMILES string of the molecule is CNC(=O)NC(=O)C(C)N1CCCC1C1CCCC1=O. The Morgan fingerprint density at radius 2 is 2.05 bits per heavy atom. The Hall–Kier alpha value is -1.43. The molecule has 0 aromatic carbocycles. The molecule has 0 aromatic rings. The Morgan fingerprint density at radius 1 is 1.30 bits per heavy atom. The first-order chi connectivity index (χ1) is 9.54. The lowest BCUT2D eigenvalue weighted by atomic mass is 9.94. The predicted octanol–water partition coefficient (Wildman–Crippen LogP) is 0.664. The highest BCUT2D eigenvalue weighted by Gasteiger charge is 2.41. The van der Waals surface area contributed by atoms with Crippen LogP contribution in [-0.4, -0.2) is 48.3 Å². The number of imide groups is 1. The number of hydrogen-bond acceptors (Lipinski definition) is 4. The van der Waals surface area contributed by atoms with Crippen molar-refractivity contribution in [2.24, 2.45) is 5.92 Å². The van der Waals surface area contributed by atoms with Crippen molar-refractivity contribution in [3.8, 4) is 0 Å². The molecule has 1 aliphatic heterocycles. The second kappa shape index (κ2) is 6.35. The number of Topliss-reactive ketones (excluding diaryl/α,β-unsaturated/α-hetero) is 1. The summed E-state index contributed by atoms with van der Waals surface area (Å²) < 4.78 is 0. The first-order valence-electron chi connectivity index (χ1n) is 7.35. The Labute approximate surface area is 119 Å². The number of rotatable bonds is 3. The van der Waals surface area contributed by atoms with Gasteiger partial charge in [-0.3, -0.25) is 19.8 Å². The van der Waals surface area contributed by atoms with E-state index >= 15 is 0 Å². The van der Waals surface area contributed by atoms with E-state index in [2.05, 4.69) is 15.5 Å². The first kappa shape index (κ1) is 15.0. The van der Waals surface area contributed by atoms with Crippen LogP contribution in [0.4, 0.5) is 4.79 Å². The summed E-state index contributed by atoms with van der Waals surface area (Å²) in [5.41, 5.74) is 0. The normalized spacial score (nSPS) is 28.4. The fourth-order valence-corrected chi connectivity index (χ4v) is 3.41. The number of likely N-dealkylation sites (tertiary alicyclic amines) is 1. The molecule has 6 heteroatoms. The van der Waals surface area contributed by atoms with Gasteiger partial charge >= 0.3 is 6.03 Å². The molecule has 112 valence electrons. The Kier molecular flexibility index (Phi) is 4.75. The van der Waals surface area contributed by atoms with Crippen LogP contribution in [0.2, 0.25) is 0 Å². The highest BCUT2D eigenvalue weighted by molar-refractivity contribution is 5.96. The molecular weight excluding hydrogens is 258 g/mol. The highest BCUT2D eigenvalue weighted by atomic mass is 16.2. The van der Waals surface area contributed by atoms with Gasteiger partial charge in [-0.15, -0.1) is 0 Å². The number of carbonyl (C=O) groups excluding carboxylic acids is 3. The zero-order valence-electron chi connectivity index (χ0n) is 12.1. The number of nitrogens with one attached hydrogen (secondary N) is 2. The lowest BCUT2D eigenvalue weighted by molar-refractivity contribution is -0.128. The Morgan fingerprint density at radius 3 is 2.65 bits per heavy atom. The second-order valence-corrected chi connectivity index (χ2v) is 5.66. The standard InChI is InChI=1S/C14H23N3O3/c1-9(13(19)16-14(20)15-2)17-8-4-6-11(17)10-5-3-7-12(10)18/h9-11H,3-8H2,1-2H3,(H2,15,16,19,20). The minimum Gasteiger partial charge on any atom is -0.341 e. The summed E-state index contributed by atoms with van der Waals surface area (Å²) in [5.74, 6) is 0.107. The van der Waals surface area contributed by atoms with Crippen LogP contribution < -0.4 is 10.6 Å². The van der Waals surface area contributed by atoms with E-state index in [4.69, 9.17) is 0 Å². The molecule has 1 saturated heterocycles. The van der Waals surface area contributed by atoms with E-state index in [1.54, 1.807) is 6.92 Å². The van der Waals surface area contributed by atoms with E-state index < -0.39 is 6.03 Å². The molecule has 1 heterocycles. The van der Waals surface area contributed by atoms with Gasteiger partial charge in [0.1, 0.15) is 5.78 Å². The molecule has 2 aliphatic rings. The van der Waals surface area contributed by atoms with E-state index in [-0.39, 0.29) is 23.9 Å². The van der Waals surface area contributed by atoms with E-state index in [9.17, 15) is 14.4 Å². The second-order valence-electron chi connectivity index (χ2n) is 5.66. The van der Waals surface area contributed by atoms with Crippen LogP contribution in [0.1, 0.15) is 39.0 Å². The van der Waals surface area contributed by atoms with Gasteiger partial charge in [0.15, 0.2) is 0 Å². The summed E-state index contributed by atoms with van der Waals surface area (Å²) in [5, 5.41) is 4.68. The van der Waals surface area contributed by atoms with E-state index in [0.717, 1.165) is 32.2 Å². The molecule has 1 saturated carbocycles. The molecule has 3 amide bonds. The van der Waals surface area contributed by atoms with Crippen molar-refractivity contribution >= 4 is 17.7 Å². The molecule has 0 aromatic heterocycles. The van der Waals surface area contributed by atoms with Crippen LogP contribution in [0.25, 0.3) is 0 Å². The zero-order chi connectivity index (χ0) is 14.7. The van der Waals surface area contributed by atoms with Gasteiger partial charge in [0, 0.05) is 25.4 Å². The quantitative estimate of drug-likeness (QED) is 0.797. The smallest absolute Gasteiger partial charge is 0.321 e. The van der Waals surface area contributed by atoms with Gasteiger partial charge in [-0.2, -0.15) is 0 Å². The molecule has 20 heavy (non-hydrogen) atoms. The van der Waals surface area contributed by atoms with Crippen LogP contribution >= 0.6 is 0 Å². The van der Waals surface area contributed by atoms with Crippen molar-refractivity contribution in [1.82, 2.24) is 15.5 Å². The molecule has 0 radical (unpaired) electrons. The fraction of sp³-hybridized carbons (Fsp3) is 0.786. The number of nitrogens with zero attached hydrogens (tertiary/aromatic N) is 1. The summed E-state index contributed by atoms with van der Waals surface area (Å²) in [4.78, 5) is 37.3. The van der Waals surface area contributed by atoms with Gasteiger partial charge in [-0.25, -0.2) is 4.79 Å². The molecule has 0 spiro atoms. The largest absolute Gasteiger partial charge is 0.341 e. The van der Waals surface area contributed by atoms with Crippen LogP contribution in [-0.2, 0) is 9.59 Å². The molecule has 3 atom stereocenters. The minimum atomic E-state index is -0.491. The van der Waals surface area contributed by atoms with Crippen molar-refractivity contribution in [2.75, 3.05) is 13.6 Å². The molecule has 2 N–H and O–H groups in total. The lowest BCUT2D eigenvalue weighted by Gasteiger charge is -2.32. The number of carbonyl (C=O) groups is 3. The van der Waals surface area contributed by atoms with Crippen molar-refractivity contribution in [2.45, 2.75) is 51.1 Å². The summed E-state index contributed by atoms with van der Waals surface area (Å²) in [7, 11) is 1.48. The van der Waals surface area contributed by atoms with E-state index in [1.165, 1.54) is 7.05 Å². The molecule has 3 unspecified atom stereocenters. The van der Waals surface area contributed by atoms with Gasteiger partial charge in [0.25, 0.3) is 0 Å². The summed E-state index contributed by atoms with van der Waals surface area (Å²) in [6, 6.07) is -0.710. The molecular formula is C14H23N3O3. The molecule has 2 rings (SSSR count). The van der Waals surface area contributed by atoms with Crippen molar-refractivity contribution in [1.29, 1.82) is 0 Å². The Balaban J connectivity index is 2.00. The average molecular weight is 281 g/mol. The molecule has 1 aliphatic carbocycles. The third kappa shape index (κ3) is 3.00. The number of urea groups is 1. The van der Waals surface area contributed by atoms with Crippen LogP contribution in [0.3, 0.4) is 0 Å². The molecule has 0 bridgehead atoms. The Bertz CT molecular complexity index is 410. The summed E-state index contributed by atoms with van der Waals surface area (Å²) in [6.45, 7) is 2.62. The van der Waals surface area contributed by atoms with Crippen LogP contribution in [0.5, 0.6) is 0 Å². The van der Waals surface area contributed by atoms with Crippen molar-refractivity contribution < 1.29 is 14.4 Å². The summed E-state index contributed by atoms with van der Waals surface area (Å²) in [6.07, 6.45) is 4.55. The van der Waals surface area contributed by atoms with Gasteiger partial charge in [-0.05, 0) is 39.2 Å². The van der Waals surface area contributed by atoms with Gasteiger partial charge in [-0.1, -0.05) is 0 Å². The first-order valence-corrected chi connectivity index (χ1v) is 7.35. The highest BCUT2D eigenvalue weighted by Crippen LogP contribution is 2.34. The molecule has 6 nitrogen and oxygen atoms in total. The number of amides is 3. The van der Waals surface area contributed by atoms with Gasteiger partial charge in [0.05, 0.1) is 6.04 Å². The fourth-order valence-electron chi connectivity index (χ4n) is 3.41.